The monoisotopic (exact) mass is 292 g/mol. The molecular formula is C15H20N2O4. The number of methoxy groups -OCH3 is 1. The van der Waals surface area contributed by atoms with Crippen LogP contribution in [-0.4, -0.2) is 38.1 Å². The van der Waals surface area contributed by atoms with Gasteiger partial charge in [-0.2, -0.15) is 0 Å². The molecule has 0 unspecified atom stereocenters. The van der Waals surface area contributed by atoms with Crippen LogP contribution in [0.1, 0.15) is 30.1 Å². The molecule has 0 heterocycles. The van der Waals surface area contributed by atoms with Crippen molar-refractivity contribution in [3.63, 3.8) is 0 Å². The van der Waals surface area contributed by atoms with Gasteiger partial charge in [0.05, 0.1) is 20.3 Å². The Morgan fingerprint density at radius 3 is 2.67 bits per heavy atom. The van der Waals surface area contributed by atoms with Crippen molar-refractivity contribution in [2.75, 3.05) is 20.3 Å². The smallest absolute Gasteiger partial charge is 0.251 e. The largest absolute Gasteiger partial charge is 0.493 e. The number of carbonyl (C=O) groups is 2. The van der Waals surface area contributed by atoms with E-state index in [0.29, 0.717) is 29.7 Å². The van der Waals surface area contributed by atoms with Crippen molar-refractivity contribution < 1.29 is 19.1 Å². The van der Waals surface area contributed by atoms with Gasteiger partial charge in [0, 0.05) is 11.6 Å². The first-order valence-electron chi connectivity index (χ1n) is 7.02. The summed E-state index contributed by atoms with van der Waals surface area (Å²) in [4.78, 5) is 23.5. The molecule has 1 aliphatic carbocycles. The predicted molar refractivity (Wildman–Crippen MR) is 77.7 cm³/mol. The van der Waals surface area contributed by atoms with Crippen molar-refractivity contribution >= 4 is 11.8 Å². The Bertz CT molecular complexity index is 526. The minimum absolute atomic E-state index is 0.0225. The Kier molecular flexibility index (Phi) is 5.03. The predicted octanol–water partition coefficient (Wildman–Crippen LogP) is 1.10. The summed E-state index contributed by atoms with van der Waals surface area (Å²) in [6, 6.07) is 5.20. The Morgan fingerprint density at radius 1 is 1.29 bits per heavy atom. The first kappa shape index (κ1) is 15.2. The highest BCUT2D eigenvalue weighted by Crippen LogP contribution is 2.27. The summed E-state index contributed by atoms with van der Waals surface area (Å²) in [5.74, 6) is 0.601. The number of hydrogen-bond acceptors (Lipinski definition) is 4. The van der Waals surface area contributed by atoms with Gasteiger partial charge < -0.3 is 20.1 Å². The van der Waals surface area contributed by atoms with Crippen molar-refractivity contribution in [3.05, 3.63) is 23.8 Å². The summed E-state index contributed by atoms with van der Waals surface area (Å²) in [5.41, 5.74) is 0.429. The number of amides is 2. The normalized spacial score (nSPS) is 13.4. The fraction of sp³-hybridized carbons (Fsp3) is 0.467. The van der Waals surface area contributed by atoms with Crippen LogP contribution in [0.5, 0.6) is 11.5 Å². The fourth-order valence-corrected chi connectivity index (χ4v) is 1.86. The summed E-state index contributed by atoms with van der Waals surface area (Å²) in [5, 5.41) is 5.40. The topological polar surface area (TPSA) is 76.7 Å². The van der Waals surface area contributed by atoms with E-state index in [-0.39, 0.29) is 18.4 Å². The number of rotatable bonds is 7. The van der Waals surface area contributed by atoms with Gasteiger partial charge in [0.1, 0.15) is 0 Å². The van der Waals surface area contributed by atoms with Gasteiger partial charge in [0.15, 0.2) is 11.5 Å². The highest BCUT2D eigenvalue weighted by Gasteiger charge is 2.23. The standard InChI is InChI=1S/C15H20N2O4/c1-3-21-13-8-10(4-7-12(13)20-2)15(19)16-9-14(18)17-11-5-6-11/h4,7-8,11H,3,5-6,9H2,1-2H3,(H,16,19)(H,17,18). The maximum Gasteiger partial charge on any atom is 0.251 e. The quantitative estimate of drug-likeness (QED) is 0.789. The molecule has 2 rings (SSSR count). The number of nitrogens with one attached hydrogen (secondary N) is 2. The second kappa shape index (κ2) is 6.97. The van der Waals surface area contributed by atoms with Crippen LogP contribution in [0.25, 0.3) is 0 Å². The molecular weight excluding hydrogens is 272 g/mol. The van der Waals surface area contributed by atoms with Crippen LogP contribution in [0.2, 0.25) is 0 Å². The van der Waals surface area contributed by atoms with Gasteiger partial charge in [-0.05, 0) is 38.0 Å². The summed E-state index contributed by atoms with van der Waals surface area (Å²) in [7, 11) is 1.54. The molecule has 0 bridgehead atoms. The highest BCUT2D eigenvalue weighted by molar-refractivity contribution is 5.97. The van der Waals surface area contributed by atoms with Crippen molar-refractivity contribution in [2.24, 2.45) is 0 Å². The molecule has 1 saturated carbocycles. The van der Waals surface area contributed by atoms with Crippen LogP contribution in [0, 0.1) is 0 Å². The summed E-state index contributed by atoms with van der Waals surface area (Å²) < 4.78 is 10.6. The zero-order valence-corrected chi connectivity index (χ0v) is 12.3. The van der Waals surface area contributed by atoms with Crippen molar-refractivity contribution in [3.8, 4) is 11.5 Å². The molecule has 1 aromatic carbocycles. The third-order valence-corrected chi connectivity index (χ3v) is 3.08. The van der Waals surface area contributed by atoms with E-state index in [1.807, 2.05) is 6.92 Å². The second-order valence-electron chi connectivity index (χ2n) is 4.82. The molecule has 2 N–H and O–H groups in total. The van der Waals surface area contributed by atoms with Gasteiger partial charge in [-0.15, -0.1) is 0 Å². The Hall–Kier alpha value is -2.24. The summed E-state index contributed by atoms with van der Waals surface area (Å²) >= 11 is 0. The van der Waals surface area contributed by atoms with Crippen LogP contribution in [-0.2, 0) is 4.79 Å². The first-order valence-corrected chi connectivity index (χ1v) is 7.02. The lowest BCUT2D eigenvalue weighted by Gasteiger charge is -2.11. The van der Waals surface area contributed by atoms with Crippen LogP contribution < -0.4 is 20.1 Å². The second-order valence-corrected chi connectivity index (χ2v) is 4.82. The third-order valence-electron chi connectivity index (χ3n) is 3.08. The number of benzene rings is 1. The molecule has 6 nitrogen and oxygen atoms in total. The lowest BCUT2D eigenvalue weighted by Crippen LogP contribution is -2.37. The molecule has 1 aliphatic rings. The molecule has 114 valence electrons. The Labute approximate surface area is 123 Å². The minimum atomic E-state index is -0.315. The van der Waals surface area contributed by atoms with Gasteiger partial charge >= 0.3 is 0 Å². The molecule has 21 heavy (non-hydrogen) atoms. The van der Waals surface area contributed by atoms with Gasteiger partial charge in [-0.25, -0.2) is 0 Å². The van der Waals surface area contributed by atoms with Crippen LogP contribution in [0.3, 0.4) is 0 Å². The molecule has 1 aromatic rings. The van der Waals surface area contributed by atoms with E-state index < -0.39 is 0 Å². The number of hydrogen-bond donors (Lipinski definition) is 2. The highest BCUT2D eigenvalue weighted by atomic mass is 16.5. The molecule has 0 aromatic heterocycles. The molecule has 1 fully saturated rings. The van der Waals surface area contributed by atoms with E-state index >= 15 is 0 Å². The lowest BCUT2D eigenvalue weighted by atomic mass is 10.2. The maximum atomic E-state index is 12.0. The summed E-state index contributed by atoms with van der Waals surface area (Å²) in [6.07, 6.45) is 2.05. The molecule has 0 atom stereocenters. The first-order chi connectivity index (χ1) is 10.1. The molecule has 0 spiro atoms. The van der Waals surface area contributed by atoms with Gasteiger partial charge in [-0.3, -0.25) is 9.59 Å². The van der Waals surface area contributed by atoms with Gasteiger partial charge in [0.25, 0.3) is 5.91 Å². The average molecular weight is 292 g/mol. The average Bonchev–Trinajstić information content (AvgIpc) is 3.29. The zero-order chi connectivity index (χ0) is 15.2. The fourth-order valence-electron chi connectivity index (χ4n) is 1.86. The van der Waals surface area contributed by atoms with E-state index in [4.69, 9.17) is 9.47 Å². The maximum absolute atomic E-state index is 12.0. The molecule has 0 aliphatic heterocycles. The van der Waals surface area contributed by atoms with Gasteiger partial charge in [-0.1, -0.05) is 0 Å². The van der Waals surface area contributed by atoms with E-state index in [0.717, 1.165) is 12.8 Å². The van der Waals surface area contributed by atoms with E-state index in [1.165, 1.54) is 0 Å². The van der Waals surface area contributed by atoms with Crippen LogP contribution >= 0.6 is 0 Å². The van der Waals surface area contributed by atoms with E-state index in [2.05, 4.69) is 10.6 Å². The Balaban J connectivity index is 1.94. The van der Waals surface area contributed by atoms with Gasteiger partial charge in [0.2, 0.25) is 5.91 Å². The van der Waals surface area contributed by atoms with Crippen molar-refractivity contribution in [1.82, 2.24) is 10.6 Å². The molecule has 0 saturated heterocycles. The Morgan fingerprint density at radius 2 is 2.05 bits per heavy atom. The molecule has 2 amide bonds. The van der Waals surface area contributed by atoms with Crippen molar-refractivity contribution in [1.29, 1.82) is 0 Å². The number of carbonyl (C=O) groups excluding carboxylic acids is 2. The van der Waals surface area contributed by atoms with Crippen molar-refractivity contribution in [2.45, 2.75) is 25.8 Å². The van der Waals surface area contributed by atoms with Crippen LogP contribution in [0.4, 0.5) is 0 Å². The van der Waals surface area contributed by atoms with E-state index in [1.54, 1.807) is 25.3 Å². The molecule has 6 heteroatoms. The lowest BCUT2D eigenvalue weighted by molar-refractivity contribution is -0.120. The summed E-state index contributed by atoms with van der Waals surface area (Å²) in [6.45, 7) is 2.31. The van der Waals surface area contributed by atoms with Crippen LogP contribution in [0.15, 0.2) is 18.2 Å². The SMILES string of the molecule is CCOc1cc(C(=O)NCC(=O)NC2CC2)ccc1OC. The zero-order valence-electron chi connectivity index (χ0n) is 12.3. The minimum Gasteiger partial charge on any atom is -0.493 e. The van der Waals surface area contributed by atoms with E-state index in [9.17, 15) is 9.59 Å². The number of ether oxygens (including phenoxy) is 2. The molecule has 0 radical (unpaired) electrons. The third kappa shape index (κ3) is 4.37.